The molecule has 1 aromatic carbocycles. The smallest absolute Gasteiger partial charge is 0.231 e. The van der Waals surface area contributed by atoms with Crippen LogP contribution in [-0.4, -0.2) is 13.0 Å². The van der Waals surface area contributed by atoms with Gasteiger partial charge >= 0.3 is 0 Å². The van der Waals surface area contributed by atoms with E-state index in [-0.39, 0.29) is 11.7 Å². The SMILES string of the molecule is CN1C(=O)Cc2cc(Br)cc(F)c21. The van der Waals surface area contributed by atoms with Gasteiger partial charge in [0, 0.05) is 11.5 Å². The second kappa shape index (κ2) is 2.80. The molecular formula is C9H7BrFNO. The number of carbonyl (C=O) groups is 1. The average molecular weight is 244 g/mol. The van der Waals surface area contributed by atoms with Crippen LogP contribution in [0.1, 0.15) is 5.56 Å². The third kappa shape index (κ3) is 1.25. The number of fused-ring (bicyclic) bond motifs is 1. The molecule has 0 saturated heterocycles. The second-order valence-corrected chi connectivity index (χ2v) is 3.94. The highest BCUT2D eigenvalue weighted by Gasteiger charge is 2.27. The maximum absolute atomic E-state index is 13.4. The zero-order valence-electron chi connectivity index (χ0n) is 6.97. The maximum Gasteiger partial charge on any atom is 0.231 e. The molecule has 0 unspecified atom stereocenters. The Labute approximate surface area is 83.5 Å². The van der Waals surface area contributed by atoms with Crippen LogP contribution in [0.5, 0.6) is 0 Å². The Hall–Kier alpha value is -0.900. The summed E-state index contributed by atoms with van der Waals surface area (Å²) in [4.78, 5) is 12.6. The summed E-state index contributed by atoms with van der Waals surface area (Å²) in [7, 11) is 1.59. The number of hydrogen-bond donors (Lipinski definition) is 0. The largest absolute Gasteiger partial charge is 0.312 e. The molecule has 1 aliphatic rings. The maximum atomic E-state index is 13.4. The van der Waals surface area contributed by atoms with Crippen molar-refractivity contribution in [1.29, 1.82) is 0 Å². The summed E-state index contributed by atoms with van der Waals surface area (Å²) in [5.74, 6) is -0.412. The van der Waals surface area contributed by atoms with E-state index in [1.165, 1.54) is 11.0 Å². The molecule has 2 nitrogen and oxygen atoms in total. The molecule has 1 aliphatic heterocycles. The Bertz CT molecular complexity index is 391. The minimum Gasteiger partial charge on any atom is -0.312 e. The minimum atomic E-state index is -0.349. The van der Waals surface area contributed by atoms with Gasteiger partial charge in [0.2, 0.25) is 5.91 Å². The van der Waals surface area contributed by atoms with Crippen molar-refractivity contribution in [3.05, 3.63) is 28.0 Å². The molecule has 0 N–H and O–H groups in total. The predicted molar refractivity (Wildman–Crippen MR) is 51.2 cm³/mol. The number of benzene rings is 1. The van der Waals surface area contributed by atoms with Crippen LogP contribution in [0.4, 0.5) is 10.1 Å². The van der Waals surface area contributed by atoms with Crippen LogP contribution in [0.3, 0.4) is 0 Å². The van der Waals surface area contributed by atoms with Crippen molar-refractivity contribution < 1.29 is 9.18 Å². The van der Waals surface area contributed by atoms with Crippen LogP contribution < -0.4 is 4.90 Å². The van der Waals surface area contributed by atoms with Crippen molar-refractivity contribution in [2.75, 3.05) is 11.9 Å². The Morgan fingerprint density at radius 3 is 2.92 bits per heavy atom. The molecule has 1 aromatic rings. The van der Waals surface area contributed by atoms with Crippen molar-refractivity contribution >= 4 is 27.5 Å². The van der Waals surface area contributed by atoms with E-state index >= 15 is 0 Å². The standard InChI is InChI=1S/C9H7BrFNO/c1-12-8(13)3-5-2-6(10)4-7(11)9(5)12/h2,4H,3H2,1H3. The Kier molecular flexibility index (Phi) is 1.87. The highest BCUT2D eigenvalue weighted by Crippen LogP contribution is 2.32. The number of likely N-dealkylation sites (N-methyl/N-ethyl adjacent to an activating group) is 1. The van der Waals surface area contributed by atoms with Crippen molar-refractivity contribution in [2.24, 2.45) is 0 Å². The van der Waals surface area contributed by atoms with Gasteiger partial charge in [0.1, 0.15) is 5.82 Å². The van der Waals surface area contributed by atoms with E-state index in [4.69, 9.17) is 0 Å². The lowest BCUT2D eigenvalue weighted by Gasteiger charge is -2.10. The van der Waals surface area contributed by atoms with Gasteiger partial charge < -0.3 is 4.90 Å². The fourth-order valence-electron chi connectivity index (χ4n) is 1.54. The normalized spacial score (nSPS) is 15.0. The fraction of sp³-hybridized carbons (Fsp3) is 0.222. The number of amides is 1. The van der Waals surface area contributed by atoms with Gasteiger partial charge in [0.15, 0.2) is 0 Å². The summed E-state index contributed by atoms with van der Waals surface area (Å²) in [6.45, 7) is 0. The van der Waals surface area contributed by atoms with Gasteiger partial charge in [-0.25, -0.2) is 4.39 Å². The van der Waals surface area contributed by atoms with E-state index < -0.39 is 0 Å². The molecule has 0 spiro atoms. The van der Waals surface area contributed by atoms with Crippen molar-refractivity contribution in [3.63, 3.8) is 0 Å². The Morgan fingerprint density at radius 1 is 1.54 bits per heavy atom. The van der Waals surface area contributed by atoms with Gasteiger partial charge in [-0.2, -0.15) is 0 Å². The van der Waals surface area contributed by atoms with Crippen molar-refractivity contribution in [1.82, 2.24) is 0 Å². The second-order valence-electron chi connectivity index (χ2n) is 3.02. The van der Waals surface area contributed by atoms with E-state index in [9.17, 15) is 9.18 Å². The number of hydrogen-bond acceptors (Lipinski definition) is 1. The van der Waals surface area contributed by atoms with Gasteiger partial charge in [-0.3, -0.25) is 4.79 Å². The van der Waals surface area contributed by atoms with Crippen molar-refractivity contribution in [3.8, 4) is 0 Å². The Morgan fingerprint density at radius 2 is 2.23 bits per heavy atom. The summed E-state index contributed by atoms with van der Waals surface area (Å²) in [6.07, 6.45) is 0.294. The summed E-state index contributed by atoms with van der Waals surface area (Å²) in [5.41, 5.74) is 1.16. The fourth-order valence-corrected chi connectivity index (χ4v) is 2.01. The summed E-state index contributed by atoms with van der Waals surface area (Å²) in [6, 6.07) is 3.15. The first-order valence-electron chi connectivity index (χ1n) is 3.84. The molecule has 0 radical (unpaired) electrons. The molecule has 1 heterocycles. The molecule has 2 rings (SSSR count). The van der Waals surface area contributed by atoms with Crippen LogP contribution >= 0.6 is 15.9 Å². The topological polar surface area (TPSA) is 20.3 Å². The van der Waals surface area contributed by atoms with Crippen LogP contribution in [0.25, 0.3) is 0 Å². The highest BCUT2D eigenvalue weighted by atomic mass is 79.9. The quantitative estimate of drug-likeness (QED) is 0.684. The summed E-state index contributed by atoms with van der Waals surface area (Å²) >= 11 is 3.19. The van der Waals surface area contributed by atoms with Gasteiger partial charge in [0.25, 0.3) is 0 Å². The molecule has 68 valence electrons. The lowest BCUT2D eigenvalue weighted by atomic mass is 10.1. The molecule has 13 heavy (non-hydrogen) atoms. The minimum absolute atomic E-state index is 0.0630. The highest BCUT2D eigenvalue weighted by molar-refractivity contribution is 9.10. The van der Waals surface area contributed by atoms with Gasteiger partial charge in [-0.15, -0.1) is 0 Å². The van der Waals surface area contributed by atoms with Gasteiger partial charge in [-0.05, 0) is 17.7 Å². The molecule has 0 aliphatic carbocycles. The van der Waals surface area contributed by atoms with E-state index in [1.54, 1.807) is 13.1 Å². The molecule has 0 aromatic heterocycles. The Balaban J connectivity index is 2.64. The van der Waals surface area contributed by atoms with Crippen LogP contribution in [0, 0.1) is 5.82 Å². The van der Waals surface area contributed by atoms with E-state index in [0.717, 1.165) is 5.56 Å². The van der Waals surface area contributed by atoms with Crippen LogP contribution in [0.2, 0.25) is 0 Å². The summed E-state index contributed by atoms with van der Waals surface area (Å²) < 4.78 is 14.0. The van der Waals surface area contributed by atoms with Gasteiger partial charge in [-0.1, -0.05) is 15.9 Å². The monoisotopic (exact) mass is 243 g/mol. The number of halogens is 2. The van der Waals surface area contributed by atoms with Crippen molar-refractivity contribution in [2.45, 2.75) is 6.42 Å². The molecule has 4 heteroatoms. The van der Waals surface area contributed by atoms with Crippen LogP contribution in [0.15, 0.2) is 16.6 Å². The van der Waals surface area contributed by atoms with E-state index in [2.05, 4.69) is 15.9 Å². The average Bonchev–Trinajstić information content (AvgIpc) is 2.27. The van der Waals surface area contributed by atoms with E-state index in [1.807, 2.05) is 0 Å². The summed E-state index contributed by atoms with van der Waals surface area (Å²) in [5, 5.41) is 0. The molecular weight excluding hydrogens is 237 g/mol. The van der Waals surface area contributed by atoms with E-state index in [0.29, 0.717) is 16.6 Å². The van der Waals surface area contributed by atoms with Crippen LogP contribution in [-0.2, 0) is 11.2 Å². The first kappa shape index (κ1) is 8.69. The molecule has 0 fully saturated rings. The zero-order chi connectivity index (χ0) is 9.59. The molecule has 1 amide bonds. The third-order valence-electron chi connectivity index (χ3n) is 2.16. The number of anilines is 1. The molecule has 0 saturated carbocycles. The first-order chi connectivity index (χ1) is 6.09. The third-order valence-corrected chi connectivity index (χ3v) is 2.62. The lowest BCUT2D eigenvalue weighted by molar-refractivity contribution is -0.117. The molecule has 0 atom stereocenters. The number of rotatable bonds is 0. The number of nitrogens with zero attached hydrogens (tertiary/aromatic N) is 1. The molecule has 0 bridgehead atoms. The first-order valence-corrected chi connectivity index (χ1v) is 4.63. The predicted octanol–water partition coefficient (Wildman–Crippen LogP) is 2.11. The number of carbonyl (C=O) groups excluding carboxylic acids is 1. The van der Waals surface area contributed by atoms with Gasteiger partial charge in [0.05, 0.1) is 12.1 Å². The lowest BCUT2D eigenvalue weighted by Crippen LogP contribution is -2.21. The zero-order valence-corrected chi connectivity index (χ0v) is 8.56.